The van der Waals surface area contributed by atoms with Crippen molar-refractivity contribution < 1.29 is 90.5 Å². The van der Waals surface area contributed by atoms with Gasteiger partial charge in [0, 0.05) is 18.1 Å². The largest absolute Gasteiger partial charge is 0.513 e. The maximum atomic E-state index is 14.1. The Morgan fingerprint density at radius 2 is 1.25 bits per heavy atom. The van der Waals surface area contributed by atoms with Crippen molar-refractivity contribution in [2.75, 3.05) is 13.2 Å². The van der Waals surface area contributed by atoms with Crippen molar-refractivity contribution in [2.24, 2.45) is 5.92 Å². The third kappa shape index (κ3) is 8.54. The molecule has 288 valence electrons. The first kappa shape index (κ1) is 42.7. The summed E-state index contributed by atoms with van der Waals surface area (Å²) in [6.07, 6.45) is -15.0. The van der Waals surface area contributed by atoms with Crippen LogP contribution in [0.4, 0.5) is 72.4 Å². The topological polar surface area (TPSA) is 126 Å². The van der Waals surface area contributed by atoms with Crippen LogP contribution in [0.15, 0.2) is 47.2 Å². The van der Waals surface area contributed by atoms with Gasteiger partial charge in [-0.3, -0.25) is 10.1 Å². The fraction of sp³-hybridized carbons (Fsp3) is 0.571. The third-order valence-corrected chi connectivity index (χ3v) is 6.86. The van der Waals surface area contributed by atoms with Gasteiger partial charge in [0.25, 0.3) is 5.69 Å². The Labute approximate surface area is 278 Å². The average Bonchev–Trinajstić information content (AvgIpc) is 2.99. The van der Waals surface area contributed by atoms with Crippen molar-refractivity contribution in [3.63, 3.8) is 0 Å². The van der Waals surface area contributed by atoms with Crippen LogP contribution in [0.5, 0.6) is 0 Å². The van der Waals surface area contributed by atoms with Gasteiger partial charge in [-0.2, -0.15) is 57.1 Å². The zero-order valence-electron chi connectivity index (χ0n) is 26.4. The first-order valence-electron chi connectivity index (χ1n) is 14.1. The van der Waals surface area contributed by atoms with Gasteiger partial charge in [-0.05, 0) is 26.2 Å². The van der Waals surface area contributed by atoms with E-state index in [0.717, 1.165) is 6.07 Å². The number of carbonyl (C=O) groups excluding carboxylic acids is 2. The van der Waals surface area contributed by atoms with Crippen LogP contribution in [-0.4, -0.2) is 66.2 Å². The molecule has 0 radical (unpaired) electrons. The second kappa shape index (κ2) is 15.0. The molecular weight excluding hydrogens is 739 g/mol. The molecule has 0 saturated heterocycles. The molecule has 1 aliphatic rings. The molecule has 0 fully saturated rings. The van der Waals surface area contributed by atoms with E-state index in [4.69, 9.17) is 14.2 Å². The molecule has 1 N–H and O–H groups in total. The van der Waals surface area contributed by atoms with Crippen LogP contribution < -0.4 is 5.32 Å². The minimum atomic E-state index is -8.06. The molecule has 23 heteroatoms. The van der Waals surface area contributed by atoms with Gasteiger partial charge in [0.1, 0.15) is 17.4 Å². The fourth-order valence-corrected chi connectivity index (χ4v) is 4.29. The highest BCUT2D eigenvalue weighted by atomic mass is 19.4. The highest BCUT2D eigenvalue weighted by molar-refractivity contribution is 5.66. The number of para-hydroxylation sites is 1. The highest BCUT2D eigenvalue weighted by Crippen LogP contribution is 2.60. The quantitative estimate of drug-likeness (QED) is 0.0649. The maximum Gasteiger partial charge on any atom is 0.513 e. The number of nitro benzene ring substituents is 1. The van der Waals surface area contributed by atoms with Gasteiger partial charge in [-0.1, -0.05) is 32.0 Å². The van der Waals surface area contributed by atoms with Gasteiger partial charge in [0.15, 0.2) is 0 Å². The molecule has 0 amide bonds. The molecule has 0 aromatic heterocycles. The monoisotopic (exact) mass is 766 g/mol. The van der Waals surface area contributed by atoms with Gasteiger partial charge >= 0.3 is 48.1 Å². The van der Waals surface area contributed by atoms with Crippen molar-refractivity contribution >= 4 is 18.0 Å². The molecule has 2 rings (SSSR count). The van der Waals surface area contributed by atoms with E-state index in [1.165, 1.54) is 32.0 Å². The summed E-state index contributed by atoms with van der Waals surface area (Å²) in [5.74, 6) is -40.6. The number of rotatable bonds is 14. The summed E-state index contributed by atoms with van der Waals surface area (Å²) in [7, 11) is 0. The van der Waals surface area contributed by atoms with Crippen molar-refractivity contribution in [2.45, 2.75) is 82.2 Å². The van der Waals surface area contributed by atoms with Crippen molar-refractivity contribution in [3.8, 4) is 0 Å². The standard InChI is InChI=1S/C28H27F13N2O8/c1-13(2)12-49-22(45)51-20-15(4)42-14(3)19(18(20)16-8-5-6-9-17(16)43(46)47)50-21(44)48-11-7-10-23(29,30)24(31,32)25(33,34)26(35,36)27(37,38)28(39,40)41/h5-6,8-9,13,18,42H,7,10-12H2,1-4H3. The van der Waals surface area contributed by atoms with Gasteiger partial charge in [-0.15, -0.1) is 0 Å². The number of nitro groups is 1. The molecule has 1 heterocycles. The molecule has 0 spiro atoms. The first-order valence-corrected chi connectivity index (χ1v) is 14.1. The molecule has 0 aliphatic carbocycles. The number of carbonyl (C=O) groups is 2. The average molecular weight is 767 g/mol. The fourth-order valence-electron chi connectivity index (χ4n) is 4.29. The molecule has 1 unspecified atom stereocenters. The van der Waals surface area contributed by atoms with E-state index >= 15 is 0 Å². The Morgan fingerprint density at radius 3 is 1.73 bits per heavy atom. The molecule has 1 aromatic rings. The molecular formula is C28H27F13N2O8. The second-order valence-corrected chi connectivity index (χ2v) is 11.2. The minimum Gasteiger partial charge on any atom is -0.434 e. The number of nitrogens with zero attached hydrogens (tertiary/aromatic N) is 1. The molecule has 1 atom stereocenters. The lowest BCUT2D eigenvalue weighted by Gasteiger charge is -2.39. The van der Waals surface area contributed by atoms with Crippen LogP contribution in [0.1, 0.15) is 52.0 Å². The lowest BCUT2D eigenvalue weighted by Crippen LogP contribution is -2.70. The summed E-state index contributed by atoms with van der Waals surface area (Å²) in [6.45, 7) is 4.35. The Bertz CT molecular complexity index is 1540. The number of ether oxygens (including phenoxy) is 4. The predicted octanol–water partition coefficient (Wildman–Crippen LogP) is 9.23. The zero-order chi connectivity index (χ0) is 39.5. The number of benzene rings is 1. The van der Waals surface area contributed by atoms with Crippen molar-refractivity contribution in [1.82, 2.24) is 5.32 Å². The van der Waals surface area contributed by atoms with E-state index < -0.39 is 95.6 Å². The van der Waals surface area contributed by atoms with E-state index in [0.29, 0.717) is 0 Å². The van der Waals surface area contributed by atoms with Gasteiger partial charge < -0.3 is 24.3 Å². The van der Waals surface area contributed by atoms with Crippen LogP contribution >= 0.6 is 0 Å². The number of hydrogen-bond acceptors (Lipinski definition) is 9. The van der Waals surface area contributed by atoms with E-state index in [1.807, 2.05) is 0 Å². The molecule has 0 bridgehead atoms. The molecule has 1 aromatic carbocycles. The Balaban J connectivity index is 2.30. The number of allylic oxidation sites excluding steroid dienone is 2. The van der Waals surface area contributed by atoms with Gasteiger partial charge in [0.2, 0.25) is 0 Å². The smallest absolute Gasteiger partial charge is 0.434 e. The summed E-state index contributed by atoms with van der Waals surface area (Å²) in [5.41, 5.74) is -0.917. The molecule has 0 saturated carbocycles. The summed E-state index contributed by atoms with van der Waals surface area (Å²) in [6, 6.07) is 4.74. The Morgan fingerprint density at radius 1 is 0.784 bits per heavy atom. The van der Waals surface area contributed by atoms with Crippen LogP contribution in [0.25, 0.3) is 0 Å². The predicted molar refractivity (Wildman–Crippen MR) is 144 cm³/mol. The van der Waals surface area contributed by atoms with E-state index in [1.54, 1.807) is 13.8 Å². The van der Waals surface area contributed by atoms with E-state index in [-0.39, 0.29) is 29.5 Å². The number of dihydropyridines is 1. The van der Waals surface area contributed by atoms with Crippen molar-refractivity contribution in [1.29, 1.82) is 0 Å². The number of nitrogens with one attached hydrogen (secondary N) is 1. The van der Waals surface area contributed by atoms with Crippen LogP contribution in [-0.2, 0) is 18.9 Å². The summed E-state index contributed by atoms with van der Waals surface area (Å²) in [4.78, 5) is 35.9. The number of halogens is 13. The number of hydrogen-bond donors (Lipinski definition) is 1. The van der Waals surface area contributed by atoms with Crippen LogP contribution in [0, 0.1) is 16.0 Å². The lowest BCUT2D eigenvalue weighted by atomic mass is 9.89. The van der Waals surface area contributed by atoms with Crippen molar-refractivity contribution in [3.05, 3.63) is 62.9 Å². The normalized spacial score (nSPS) is 16.5. The van der Waals surface area contributed by atoms with E-state index in [2.05, 4.69) is 10.1 Å². The van der Waals surface area contributed by atoms with Gasteiger partial charge in [-0.25, -0.2) is 9.59 Å². The van der Waals surface area contributed by atoms with E-state index in [9.17, 15) is 76.8 Å². The highest BCUT2D eigenvalue weighted by Gasteiger charge is 2.90. The molecule has 10 nitrogen and oxygen atoms in total. The lowest BCUT2D eigenvalue weighted by molar-refractivity contribution is -0.440. The third-order valence-electron chi connectivity index (χ3n) is 6.86. The SMILES string of the molecule is CC1=C(OC(=O)OCCCC(F)(F)C(F)(F)C(F)(F)C(F)(F)C(F)(F)C(F)(F)F)C(c2ccccc2[N+](=O)[O-])C(OC(=O)OCC(C)C)=C(C)N1. The summed E-state index contributed by atoms with van der Waals surface area (Å²) < 4.78 is 193. The minimum absolute atomic E-state index is 0.0383. The Hall–Kier alpha value is -4.47. The molecule has 51 heavy (non-hydrogen) atoms. The molecule has 1 aliphatic heterocycles. The summed E-state index contributed by atoms with van der Waals surface area (Å²) >= 11 is 0. The van der Waals surface area contributed by atoms with Gasteiger partial charge in [0.05, 0.1) is 29.5 Å². The summed E-state index contributed by atoms with van der Waals surface area (Å²) in [5, 5.41) is 14.4. The second-order valence-electron chi connectivity index (χ2n) is 11.2. The van der Waals surface area contributed by atoms with Crippen LogP contribution in [0.3, 0.4) is 0 Å². The van der Waals surface area contributed by atoms with Crippen LogP contribution in [0.2, 0.25) is 0 Å². The Kier molecular flexibility index (Phi) is 12.6. The first-order chi connectivity index (χ1) is 23.0. The number of alkyl halides is 13. The zero-order valence-corrected chi connectivity index (χ0v) is 26.4. The maximum absolute atomic E-state index is 14.1.